The Morgan fingerprint density at radius 1 is 1.22 bits per heavy atom. The number of methoxy groups -OCH3 is 1. The lowest BCUT2D eigenvalue weighted by Gasteiger charge is -2.21. The van der Waals surface area contributed by atoms with Gasteiger partial charge >= 0.3 is 6.09 Å². The van der Waals surface area contributed by atoms with Crippen LogP contribution in [0.2, 0.25) is 0 Å². The molecular formula is C22H27NO4. The Kier molecular flexibility index (Phi) is 5.71. The summed E-state index contributed by atoms with van der Waals surface area (Å²) in [5.74, 6) is 1.28. The monoisotopic (exact) mass is 369 g/mol. The molecule has 2 aromatic carbocycles. The second-order valence-electron chi connectivity index (χ2n) is 7.09. The maximum absolute atomic E-state index is 11.8. The largest absolute Gasteiger partial charge is 0.489 e. The first kappa shape index (κ1) is 19.2. The van der Waals surface area contributed by atoms with E-state index >= 15 is 0 Å². The van der Waals surface area contributed by atoms with Gasteiger partial charge < -0.3 is 9.47 Å². The van der Waals surface area contributed by atoms with Gasteiger partial charge in [-0.2, -0.15) is 5.06 Å². The Morgan fingerprint density at radius 2 is 1.96 bits per heavy atom. The van der Waals surface area contributed by atoms with E-state index in [0.29, 0.717) is 16.7 Å². The van der Waals surface area contributed by atoms with Gasteiger partial charge in [-0.25, -0.2) is 4.79 Å². The molecule has 2 aromatic rings. The molecule has 144 valence electrons. The first-order valence-corrected chi connectivity index (χ1v) is 9.37. The molecule has 5 heteroatoms. The van der Waals surface area contributed by atoms with Crippen LogP contribution in [0.15, 0.2) is 30.3 Å². The van der Waals surface area contributed by atoms with Crippen LogP contribution in [0.25, 0.3) is 0 Å². The summed E-state index contributed by atoms with van der Waals surface area (Å²) in [4.78, 5) is 11.8. The molecule has 1 fully saturated rings. The molecule has 0 heterocycles. The summed E-state index contributed by atoms with van der Waals surface area (Å²) >= 11 is 0. The van der Waals surface area contributed by atoms with Crippen molar-refractivity contribution in [2.24, 2.45) is 0 Å². The first-order chi connectivity index (χ1) is 13.0. The highest BCUT2D eigenvalue weighted by Gasteiger charge is 2.29. The quantitative estimate of drug-likeness (QED) is 0.556. The molecule has 1 amide bonds. The lowest BCUT2D eigenvalue weighted by atomic mass is 10.0. The topological polar surface area (TPSA) is 59.0 Å². The normalized spacial score (nSPS) is 13.4. The van der Waals surface area contributed by atoms with Crippen LogP contribution >= 0.6 is 0 Å². The maximum Gasteiger partial charge on any atom is 0.438 e. The third-order valence-electron chi connectivity index (χ3n) is 5.17. The molecule has 27 heavy (non-hydrogen) atoms. The van der Waals surface area contributed by atoms with Crippen LogP contribution in [0.4, 0.5) is 10.5 Å². The summed E-state index contributed by atoms with van der Waals surface area (Å²) in [7, 11) is 1.24. The Morgan fingerprint density at radius 3 is 2.59 bits per heavy atom. The maximum atomic E-state index is 11.8. The number of nitrogens with zero attached hydrogens (tertiary/aromatic N) is 1. The van der Waals surface area contributed by atoms with Gasteiger partial charge in [0.05, 0.1) is 12.8 Å². The van der Waals surface area contributed by atoms with E-state index in [0.717, 1.165) is 41.7 Å². The van der Waals surface area contributed by atoms with E-state index in [1.54, 1.807) is 6.07 Å². The number of rotatable bonds is 6. The number of ether oxygens (including phenoxy) is 2. The van der Waals surface area contributed by atoms with Gasteiger partial charge in [-0.05, 0) is 73.4 Å². The molecular weight excluding hydrogens is 342 g/mol. The Balaban J connectivity index is 1.92. The minimum Gasteiger partial charge on any atom is -0.489 e. The summed E-state index contributed by atoms with van der Waals surface area (Å²) in [6.07, 6.45) is 2.40. The number of amides is 1. The standard InChI is InChI=1S/C22H27NO4/c1-5-16-11-15(3)21(12-14(16)2)27-13-19-18(17-9-10-17)7-6-8-20(19)23(25)22(24)26-4/h6-8,11-12,17,25H,5,9-10,13H2,1-4H3. The lowest BCUT2D eigenvalue weighted by Crippen LogP contribution is -2.28. The average Bonchev–Trinajstić information content (AvgIpc) is 3.52. The fourth-order valence-corrected chi connectivity index (χ4v) is 3.45. The second-order valence-corrected chi connectivity index (χ2v) is 7.09. The van der Waals surface area contributed by atoms with Gasteiger partial charge in [-0.1, -0.05) is 25.1 Å². The molecule has 0 radical (unpaired) electrons. The van der Waals surface area contributed by atoms with Crippen molar-refractivity contribution < 1.29 is 19.5 Å². The number of hydrogen-bond donors (Lipinski definition) is 1. The van der Waals surface area contributed by atoms with Crippen molar-refractivity contribution in [3.63, 3.8) is 0 Å². The van der Waals surface area contributed by atoms with Gasteiger partial charge in [0.25, 0.3) is 0 Å². The number of carbonyl (C=O) groups excluding carboxylic acids is 1. The lowest BCUT2D eigenvalue weighted by molar-refractivity contribution is 0.140. The van der Waals surface area contributed by atoms with E-state index in [2.05, 4.69) is 30.7 Å². The molecule has 1 N–H and O–H groups in total. The average molecular weight is 369 g/mol. The predicted octanol–water partition coefficient (Wildman–Crippen LogP) is 5.28. The number of aryl methyl sites for hydroxylation is 3. The minimum absolute atomic E-state index is 0.280. The number of benzene rings is 2. The second kappa shape index (κ2) is 8.01. The molecule has 0 aliphatic heterocycles. The summed E-state index contributed by atoms with van der Waals surface area (Å²) in [5, 5.41) is 10.8. The molecule has 0 aromatic heterocycles. The molecule has 0 spiro atoms. The van der Waals surface area contributed by atoms with E-state index in [1.165, 1.54) is 18.2 Å². The molecule has 1 saturated carbocycles. The fourth-order valence-electron chi connectivity index (χ4n) is 3.45. The van der Waals surface area contributed by atoms with E-state index in [9.17, 15) is 10.0 Å². The number of carbonyl (C=O) groups is 1. The first-order valence-electron chi connectivity index (χ1n) is 9.37. The minimum atomic E-state index is -0.816. The van der Waals surface area contributed by atoms with Crippen molar-refractivity contribution in [1.29, 1.82) is 0 Å². The van der Waals surface area contributed by atoms with Gasteiger partial charge in [0.1, 0.15) is 12.4 Å². The van der Waals surface area contributed by atoms with Gasteiger partial charge in [0.2, 0.25) is 0 Å². The highest BCUT2D eigenvalue weighted by Crippen LogP contribution is 2.44. The highest BCUT2D eigenvalue weighted by atomic mass is 16.6. The zero-order chi connectivity index (χ0) is 19.6. The molecule has 5 nitrogen and oxygen atoms in total. The molecule has 0 saturated heterocycles. The highest BCUT2D eigenvalue weighted by molar-refractivity contribution is 5.86. The summed E-state index contributed by atoms with van der Waals surface area (Å²) < 4.78 is 10.8. The van der Waals surface area contributed by atoms with E-state index in [4.69, 9.17) is 4.74 Å². The van der Waals surface area contributed by atoms with Crippen LogP contribution in [0.3, 0.4) is 0 Å². The van der Waals surface area contributed by atoms with Crippen molar-refractivity contribution in [1.82, 2.24) is 0 Å². The van der Waals surface area contributed by atoms with Crippen LogP contribution in [-0.2, 0) is 17.8 Å². The van der Waals surface area contributed by atoms with Crippen molar-refractivity contribution in [2.75, 3.05) is 12.2 Å². The third kappa shape index (κ3) is 4.08. The zero-order valence-electron chi connectivity index (χ0n) is 16.4. The van der Waals surface area contributed by atoms with Crippen molar-refractivity contribution in [2.45, 2.75) is 52.6 Å². The molecule has 1 aliphatic rings. The molecule has 1 aliphatic carbocycles. The van der Waals surface area contributed by atoms with Gasteiger partial charge in [0.15, 0.2) is 0 Å². The number of anilines is 1. The van der Waals surface area contributed by atoms with Gasteiger partial charge in [0, 0.05) is 5.56 Å². The van der Waals surface area contributed by atoms with Crippen molar-refractivity contribution in [3.8, 4) is 5.75 Å². The van der Waals surface area contributed by atoms with E-state index in [-0.39, 0.29) is 6.61 Å². The van der Waals surface area contributed by atoms with Crippen LogP contribution in [0.5, 0.6) is 5.75 Å². The molecule has 0 atom stereocenters. The smallest absolute Gasteiger partial charge is 0.438 e. The SMILES string of the molecule is CCc1cc(C)c(OCc2c(C3CC3)cccc2N(O)C(=O)OC)cc1C. The van der Waals surface area contributed by atoms with Gasteiger partial charge in [-0.15, -0.1) is 0 Å². The molecule has 0 unspecified atom stereocenters. The summed E-state index contributed by atoms with van der Waals surface area (Å²) in [6.45, 7) is 6.54. The molecule has 0 bridgehead atoms. The summed E-state index contributed by atoms with van der Waals surface area (Å²) in [6, 6.07) is 9.82. The van der Waals surface area contributed by atoms with Crippen LogP contribution in [-0.4, -0.2) is 18.4 Å². The third-order valence-corrected chi connectivity index (χ3v) is 5.17. The predicted molar refractivity (Wildman–Crippen MR) is 105 cm³/mol. The fraction of sp³-hybridized carbons (Fsp3) is 0.409. The number of hydroxylamine groups is 1. The van der Waals surface area contributed by atoms with Gasteiger partial charge in [-0.3, -0.25) is 5.21 Å². The van der Waals surface area contributed by atoms with Crippen LogP contribution in [0, 0.1) is 13.8 Å². The Bertz CT molecular complexity index is 842. The van der Waals surface area contributed by atoms with E-state index in [1.807, 2.05) is 19.1 Å². The Hall–Kier alpha value is -2.53. The van der Waals surface area contributed by atoms with E-state index < -0.39 is 6.09 Å². The Labute approximate surface area is 160 Å². The summed E-state index contributed by atoms with van der Waals surface area (Å²) in [5.41, 5.74) is 5.94. The van der Waals surface area contributed by atoms with Crippen molar-refractivity contribution >= 4 is 11.8 Å². The van der Waals surface area contributed by atoms with Crippen molar-refractivity contribution in [3.05, 3.63) is 58.1 Å². The zero-order valence-corrected chi connectivity index (χ0v) is 16.4. The van der Waals surface area contributed by atoms with Crippen LogP contribution < -0.4 is 9.80 Å². The molecule has 3 rings (SSSR count). The van der Waals surface area contributed by atoms with Crippen LogP contribution in [0.1, 0.15) is 53.5 Å². The number of hydrogen-bond acceptors (Lipinski definition) is 4.